The van der Waals surface area contributed by atoms with E-state index in [0.29, 0.717) is 6.42 Å². The van der Waals surface area contributed by atoms with Crippen molar-refractivity contribution in [1.82, 2.24) is 0 Å². The van der Waals surface area contributed by atoms with Gasteiger partial charge in [-0.3, -0.25) is 0 Å². The van der Waals surface area contributed by atoms with Gasteiger partial charge in [-0.05, 0) is 18.3 Å². The first-order chi connectivity index (χ1) is 5.36. The van der Waals surface area contributed by atoms with Crippen LogP contribution in [0.15, 0.2) is 0 Å². The van der Waals surface area contributed by atoms with Crippen molar-refractivity contribution in [2.75, 3.05) is 0 Å². The topological polar surface area (TPSA) is 17.1 Å². The molecule has 2 fully saturated rings. The molecule has 11 heavy (non-hydrogen) atoms. The summed E-state index contributed by atoms with van der Waals surface area (Å²) in [6, 6.07) is 0. The monoisotopic (exact) mass is 154 g/mol. The van der Waals surface area contributed by atoms with E-state index in [9.17, 15) is 4.79 Å². The van der Waals surface area contributed by atoms with Gasteiger partial charge in [-0.1, -0.05) is 32.6 Å². The Morgan fingerprint density at radius 3 is 1.64 bits per heavy atom. The fraction of sp³-hybridized carbons (Fsp3) is 0.900. The Kier molecular flexibility index (Phi) is 3.61. The van der Waals surface area contributed by atoms with Gasteiger partial charge in [0.15, 0.2) is 0 Å². The largest absolute Gasteiger partial charge is 0.303 e. The Balaban J connectivity index is 0.000000134. The van der Waals surface area contributed by atoms with Crippen molar-refractivity contribution >= 4 is 6.29 Å². The molecule has 2 aliphatic carbocycles. The van der Waals surface area contributed by atoms with Crippen LogP contribution in [0.25, 0.3) is 0 Å². The van der Waals surface area contributed by atoms with Gasteiger partial charge >= 0.3 is 0 Å². The Labute approximate surface area is 69.2 Å². The van der Waals surface area contributed by atoms with Crippen molar-refractivity contribution in [2.24, 2.45) is 11.8 Å². The lowest BCUT2D eigenvalue weighted by molar-refractivity contribution is -0.107. The summed E-state index contributed by atoms with van der Waals surface area (Å²) >= 11 is 0. The summed E-state index contributed by atoms with van der Waals surface area (Å²) in [5.74, 6) is 2.34. The van der Waals surface area contributed by atoms with Crippen LogP contribution in [0.4, 0.5) is 0 Å². The molecule has 64 valence electrons. The number of carbonyl (C=O) groups is 1. The van der Waals surface area contributed by atoms with Gasteiger partial charge in [-0.25, -0.2) is 0 Å². The van der Waals surface area contributed by atoms with Gasteiger partial charge < -0.3 is 4.79 Å². The smallest absolute Gasteiger partial charge is 0.119 e. The first kappa shape index (κ1) is 8.76. The fourth-order valence-corrected chi connectivity index (χ4v) is 2.17. The lowest BCUT2D eigenvalue weighted by Crippen LogP contribution is -1.90. The molecule has 0 aliphatic heterocycles. The Bertz CT molecular complexity index is 102. The van der Waals surface area contributed by atoms with E-state index in [-0.39, 0.29) is 0 Å². The first-order valence-electron chi connectivity index (χ1n) is 4.80. The number of hydrogen-bond donors (Lipinski definition) is 0. The minimum Gasteiger partial charge on any atom is -0.303 e. The normalized spacial score (nSPS) is 32.8. The summed E-state index contributed by atoms with van der Waals surface area (Å²) in [5, 5.41) is 0. The van der Waals surface area contributed by atoms with Gasteiger partial charge in [0.25, 0.3) is 0 Å². The van der Waals surface area contributed by atoms with Gasteiger partial charge in [0, 0.05) is 6.42 Å². The summed E-state index contributed by atoms with van der Waals surface area (Å²) < 4.78 is 0. The number of fused-ring (bicyclic) bond motifs is 2. The van der Waals surface area contributed by atoms with E-state index < -0.39 is 0 Å². The molecule has 0 spiro atoms. The molecule has 1 nitrogen and oxygen atoms in total. The summed E-state index contributed by atoms with van der Waals surface area (Å²) in [5.41, 5.74) is 0. The summed E-state index contributed by atoms with van der Waals surface area (Å²) in [6.45, 7) is 1.81. The molecule has 0 aromatic carbocycles. The minimum absolute atomic E-state index is 0.639. The quantitative estimate of drug-likeness (QED) is 0.531. The van der Waals surface area contributed by atoms with Crippen LogP contribution >= 0.6 is 0 Å². The molecule has 2 aliphatic rings. The zero-order valence-electron chi connectivity index (χ0n) is 7.38. The lowest BCUT2D eigenvalue weighted by Gasteiger charge is -2.05. The van der Waals surface area contributed by atoms with Gasteiger partial charge in [0.1, 0.15) is 6.29 Å². The molecule has 0 N–H and O–H groups in total. The molecule has 2 saturated carbocycles. The molecule has 0 unspecified atom stereocenters. The van der Waals surface area contributed by atoms with Crippen LogP contribution < -0.4 is 0 Å². The van der Waals surface area contributed by atoms with Crippen molar-refractivity contribution in [3.63, 3.8) is 0 Å². The predicted molar refractivity (Wildman–Crippen MR) is 46.4 cm³/mol. The van der Waals surface area contributed by atoms with Crippen molar-refractivity contribution in [3.05, 3.63) is 0 Å². The highest BCUT2D eigenvalue weighted by Gasteiger charge is 2.30. The SMILES string of the molecule is C1CC2CCC1C2.CCC=O. The minimum atomic E-state index is 0.639. The summed E-state index contributed by atoms with van der Waals surface area (Å²) in [4.78, 5) is 9.17. The van der Waals surface area contributed by atoms with E-state index in [2.05, 4.69) is 0 Å². The van der Waals surface area contributed by atoms with Gasteiger partial charge in [-0.2, -0.15) is 0 Å². The molecule has 2 bridgehead atoms. The van der Waals surface area contributed by atoms with Crippen LogP contribution in [0, 0.1) is 11.8 Å². The molecule has 0 saturated heterocycles. The Hall–Kier alpha value is -0.330. The maximum Gasteiger partial charge on any atom is 0.119 e. The van der Waals surface area contributed by atoms with E-state index >= 15 is 0 Å². The predicted octanol–water partition coefficient (Wildman–Crippen LogP) is 2.79. The van der Waals surface area contributed by atoms with Crippen molar-refractivity contribution in [3.8, 4) is 0 Å². The number of carbonyl (C=O) groups excluding carboxylic acids is 1. The van der Waals surface area contributed by atoms with Crippen LogP contribution in [0.5, 0.6) is 0 Å². The lowest BCUT2D eigenvalue weighted by atomic mass is 10.0. The summed E-state index contributed by atoms with van der Waals surface area (Å²) in [6.07, 6.45) is 9.34. The Morgan fingerprint density at radius 2 is 1.55 bits per heavy atom. The van der Waals surface area contributed by atoms with Crippen LogP contribution in [0.2, 0.25) is 0 Å². The second kappa shape index (κ2) is 4.53. The highest BCUT2D eigenvalue weighted by Crippen LogP contribution is 2.43. The van der Waals surface area contributed by atoms with Gasteiger partial charge in [0.2, 0.25) is 0 Å². The molecule has 0 radical (unpaired) electrons. The van der Waals surface area contributed by atoms with E-state index in [1.165, 1.54) is 11.8 Å². The average Bonchev–Trinajstić information content (AvgIpc) is 2.67. The molecule has 0 aromatic heterocycles. The number of rotatable bonds is 1. The zero-order valence-corrected chi connectivity index (χ0v) is 7.38. The third-order valence-corrected chi connectivity index (χ3v) is 2.80. The Morgan fingerprint density at radius 1 is 1.18 bits per heavy atom. The van der Waals surface area contributed by atoms with Gasteiger partial charge in [-0.15, -0.1) is 0 Å². The molecule has 1 heteroatoms. The molecule has 0 heterocycles. The van der Waals surface area contributed by atoms with E-state index in [0.717, 1.165) is 6.29 Å². The maximum atomic E-state index is 9.17. The molecular weight excluding hydrogens is 136 g/mol. The summed E-state index contributed by atoms with van der Waals surface area (Å²) in [7, 11) is 0. The van der Waals surface area contributed by atoms with E-state index in [4.69, 9.17) is 0 Å². The highest BCUT2D eigenvalue weighted by molar-refractivity contribution is 5.48. The molecule has 0 aromatic rings. The number of hydrogen-bond acceptors (Lipinski definition) is 1. The fourth-order valence-electron chi connectivity index (χ4n) is 2.17. The van der Waals surface area contributed by atoms with Gasteiger partial charge in [0.05, 0.1) is 0 Å². The van der Waals surface area contributed by atoms with Crippen LogP contribution in [0.3, 0.4) is 0 Å². The van der Waals surface area contributed by atoms with Crippen molar-refractivity contribution in [2.45, 2.75) is 45.4 Å². The van der Waals surface area contributed by atoms with Crippen LogP contribution in [0.1, 0.15) is 45.4 Å². The van der Waals surface area contributed by atoms with Crippen molar-refractivity contribution in [1.29, 1.82) is 0 Å². The van der Waals surface area contributed by atoms with E-state index in [1.807, 2.05) is 6.92 Å². The standard InChI is InChI=1S/C7H12.C3H6O/c1-2-7-4-3-6(1)5-7;1-2-3-4/h6-7H,1-5H2;3H,2H2,1H3. The first-order valence-corrected chi connectivity index (χ1v) is 4.80. The molecule has 0 atom stereocenters. The second-order valence-electron chi connectivity index (χ2n) is 3.70. The third-order valence-electron chi connectivity index (χ3n) is 2.80. The average molecular weight is 154 g/mol. The van der Waals surface area contributed by atoms with Crippen LogP contribution in [-0.2, 0) is 4.79 Å². The highest BCUT2D eigenvalue weighted by atomic mass is 16.1. The second-order valence-corrected chi connectivity index (χ2v) is 3.70. The molecule has 0 amide bonds. The zero-order chi connectivity index (χ0) is 8.10. The van der Waals surface area contributed by atoms with E-state index in [1.54, 1.807) is 32.1 Å². The molecule has 2 rings (SSSR count). The van der Waals surface area contributed by atoms with Crippen LogP contribution in [-0.4, -0.2) is 6.29 Å². The van der Waals surface area contributed by atoms with Crippen molar-refractivity contribution < 1.29 is 4.79 Å². The third kappa shape index (κ3) is 2.64. The maximum absolute atomic E-state index is 9.17. The number of aldehydes is 1. The molecular formula is C10H18O.